The second-order valence-corrected chi connectivity index (χ2v) is 4.42. The molecule has 3 nitrogen and oxygen atoms in total. The highest BCUT2D eigenvalue weighted by molar-refractivity contribution is 7.98. The van der Waals surface area contributed by atoms with Gasteiger partial charge in [0.05, 0.1) is 5.69 Å². The Morgan fingerprint density at radius 2 is 2.36 bits per heavy atom. The van der Waals surface area contributed by atoms with Crippen molar-refractivity contribution in [3.63, 3.8) is 0 Å². The molecule has 0 fully saturated rings. The van der Waals surface area contributed by atoms with Gasteiger partial charge < -0.3 is 5.73 Å². The third-order valence-electron chi connectivity index (χ3n) is 1.65. The highest BCUT2D eigenvalue weighted by Gasteiger charge is 1.98. The molecule has 0 saturated heterocycles. The zero-order valence-corrected chi connectivity index (χ0v) is 9.02. The first-order chi connectivity index (χ1) is 6.84. The van der Waals surface area contributed by atoms with E-state index in [9.17, 15) is 0 Å². The average molecular weight is 223 g/mol. The molecule has 2 N–H and O–H groups in total. The standard InChI is InChI=1S/C9H9N3S2/c10-7-2-1-3-9(4-7)13-5-8-6-14-12-11-8/h1-4,6H,5,10H2. The van der Waals surface area contributed by atoms with Crippen molar-refractivity contribution in [1.29, 1.82) is 0 Å². The Morgan fingerprint density at radius 1 is 1.43 bits per heavy atom. The van der Waals surface area contributed by atoms with Gasteiger partial charge in [0.25, 0.3) is 0 Å². The molecule has 0 saturated carbocycles. The smallest absolute Gasteiger partial charge is 0.0857 e. The fourth-order valence-corrected chi connectivity index (χ4v) is 2.42. The minimum absolute atomic E-state index is 0.798. The zero-order valence-electron chi connectivity index (χ0n) is 7.38. The summed E-state index contributed by atoms with van der Waals surface area (Å²) in [6.07, 6.45) is 0. The van der Waals surface area contributed by atoms with Crippen LogP contribution in [0, 0.1) is 0 Å². The van der Waals surface area contributed by atoms with Gasteiger partial charge in [-0.3, -0.25) is 0 Å². The number of nitrogens with two attached hydrogens (primary N) is 1. The summed E-state index contributed by atoms with van der Waals surface area (Å²) in [5.74, 6) is 0.847. The minimum atomic E-state index is 0.798. The Hall–Kier alpha value is -1.07. The second-order valence-electron chi connectivity index (χ2n) is 2.76. The lowest BCUT2D eigenvalue weighted by Crippen LogP contribution is -1.84. The van der Waals surface area contributed by atoms with E-state index < -0.39 is 0 Å². The molecule has 0 aliphatic heterocycles. The molecular weight excluding hydrogens is 214 g/mol. The molecule has 0 atom stereocenters. The van der Waals surface area contributed by atoms with E-state index in [4.69, 9.17) is 5.73 Å². The molecule has 0 spiro atoms. The Bertz CT molecular complexity index is 400. The van der Waals surface area contributed by atoms with Crippen LogP contribution in [0.4, 0.5) is 5.69 Å². The van der Waals surface area contributed by atoms with Gasteiger partial charge in [0.15, 0.2) is 0 Å². The van der Waals surface area contributed by atoms with Crippen molar-refractivity contribution in [2.75, 3.05) is 5.73 Å². The molecular formula is C9H9N3S2. The number of benzene rings is 1. The summed E-state index contributed by atoms with van der Waals surface area (Å²) >= 11 is 3.10. The van der Waals surface area contributed by atoms with Crippen LogP contribution in [0.25, 0.3) is 0 Å². The molecule has 2 rings (SSSR count). The number of nitrogens with zero attached hydrogens (tertiary/aromatic N) is 2. The number of anilines is 1. The molecule has 5 heteroatoms. The third kappa shape index (κ3) is 2.46. The number of rotatable bonds is 3. The summed E-state index contributed by atoms with van der Waals surface area (Å²) in [6, 6.07) is 7.84. The van der Waals surface area contributed by atoms with E-state index in [0.29, 0.717) is 0 Å². The Kier molecular flexibility index (Phi) is 3.00. The molecule has 1 aromatic heterocycles. The maximum absolute atomic E-state index is 5.67. The van der Waals surface area contributed by atoms with Gasteiger partial charge in [-0.2, -0.15) is 0 Å². The van der Waals surface area contributed by atoms with Crippen LogP contribution < -0.4 is 5.73 Å². The predicted octanol–water partition coefficient (Wildman–Crippen LogP) is 2.41. The molecule has 1 aromatic carbocycles. The number of hydrogen-bond acceptors (Lipinski definition) is 5. The van der Waals surface area contributed by atoms with Gasteiger partial charge in [-0.1, -0.05) is 10.6 Å². The molecule has 0 aliphatic rings. The van der Waals surface area contributed by atoms with Crippen molar-refractivity contribution in [2.45, 2.75) is 10.6 Å². The van der Waals surface area contributed by atoms with Crippen LogP contribution in [0.1, 0.15) is 5.69 Å². The quantitative estimate of drug-likeness (QED) is 0.641. The lowest BCUT2D eigenvalue weighted by Gasteiger charge is -1.99. The molecule has 0 unspecified atom stereocenters. The van der Waals surface area contributed by atoms with Crippen LogP contribution in [0.5, 0.6) is 0 Å². The summed E-state index contributed by atoms with van der Waals surface area (Å²) in [5.41, 5.74) is 7.48. The maximum Gasteiger partial charge on any atom is 0.0857 e. The van der Waals surface area contributed by atoms with Crippen LogP contribution in [0.2, 0.25) is 0 Å². The first-order valence-electron chi connectivity index (χ1n) is 4.09. The average Bonchev–Trinajstić information content (AvgIpc) is 2.67. The molecule has 0 amide bonds. The molecule has 72 valence electrons. The fraction of sp³-hybridized carbons (Fsp3) is 0.111. The number of thioether (sulfide) groups is 1. The van der Waals surface area contributed by atoms with Gasteiger partial charge in [-0.25, -0.2) is 0 Å². The minimum Gasteiger partial charge on any atom is -0.399 e. The summed E-state index contributed by atoms with van der Waals surface area (Å²) in [4.78, 5) is 1.16. The Balaban J connectivity index is 1.98. The van der Waals surface area contributed by atoms with Gasteiger partial charge in [-0.15, -0.1) is 16.9 Å². The van der Waals surface area contributed by atoms with Crippen molar-refractivity contribution in [2.24, 2.45) is 0 Å². The molecule has 2 aromatic rings. The van der Waals surface area contributed by atoms with E-state index >= 15 is 0 Å². The van der Waals surface area contributed by atoms with Crippen molar-refractivity contribution >= 4 is 29.0 Å². The first kappa shape index (κ1) is 9.48. The predicted molar refractivity (Wildman–Crippen MR) is 60.3 cm³/mol. The largest absolute Gasteiger partial charge is 0.399 e. The SMILES string of the molecule is Nc1cccc(SCc2csnn2)c1. The Labute approximate surface area is 90.5 Å². The number of hydrogen-bond donors (Lipinski definition) is 1. The highest BCUT2D eigenvalue weighted by atomic mass is 32.2. The second kappa shape index (κ2) is 4.43. The maximum atomic E-state index is 5.67. The third-order valence-corrected chi connectivity index (χ3v) is 3.23. The zero-order chi connectivity index (χ0) is 9.80. The van der Waals surface area contributed by atoms with Gasteiger partial charge in [-0.05, 0) is 29.7 Å². The lowest BCUT2D eigenvalue weighted by molar-refractivity contribution is 1.07. The lowest BCUT2D eigenvalue weighted by atomic mass is 10.3. The van der Waals surface area contributed by atoms with Crippen molar-refractivity contribution in [3.8, 4) is 0 Å². The van der Waals surface area contributed by atoms with E-state index in [2.05, 4.69) is 9.59 Å². The fourth-order valence-electron chi connectivity index (χ4n) is 1.01. The van der Waals surface area contributed by atoms with E-state index in [1.807, 2.05) is 29.6 Å². The van der Waals surface area contributed by atoms with Crippen molar-refractivity contribution in [1.82, 2.24) is 9.59 Å². The van der Waals surface area contributed by atoms with Gasteiger partial charge >= 0.3 is 0 Å². The van der Waals surface area contributed by atoms with Crippen LogP contribution >= 0.6 is 23.3 Å². The van der Waals surface area contributed by atoms with Crippen LogP contribution in [0.15, 0.2) is 34.5 Å². The highest BCUT2D eigenvalue weighted by Crippen LogP contribution is 2.23. The van der Waals surface area contributed by atoms with Crippen molar-refractivity contribution in [3.05, 3.63) is 35.3 Å². The van der Waals surface area contributed by atoms with Gasteiger partial charge in [0.1, 0.15) is 0 Å². The molecule has 1 heterocycles. The normalized spacial score (nSPS) is 10.3. The molecule has 0 bridgehead atoms. The van der Waals surface area contributed by atoms with Crippen LogP contribution in [0.3, 0.4) is 0 Å². The first-order valence-corrected chi connectivity index (χ1v) is 5.91. The Morgan fingerprint density at radius 3 is 3.07 bits per heavy atom. The van der Waals surface area contributed by atoms with Gasteiger partial charge in [0, 0.05) is 21.7 Å². The van der Waals surface area contributed by atoms with E-state index in [1.165, 1.54) is 11.5 Å². The summed E-state index contributed by atoms with van der Waals surface area (Å²) in [6.45, 7) is 0. The van der Waals surface area contributed by atoms with Crippen molar-refractivity contribution < 1.29 is 0 Å². The van der Waals surface area contributed by atoms with E-state index in [0.717, 1.165) is 22.0 Å². The van der Waals surface area contributed by atoms with E-state index in [-0.39, 0.29) is 0 Å². The van der Waals surface area contributed by atoms with Gasteiger partial charge in [0.2, 0.25) is 0 Å². The summed E-state index contributed by atoms with van der Waals surface area (Å²) in [7, 11) is 0. The molecule has 14 heavy (non-hydrogen) atoms. The summed E-state index contributed by atoms with van der Waals surface area (Å²) < 4.78 is 3.81. The van der Waals surface area contributed by atoms with E-state index in [1.54, 1.807) is 11.8 Å². The number of aromatic nitrogens is 2. The number of nitrogen functional groups attached to an aromatic ring is 1. The van der Waals surface area contributed by atoms with Crippen LogP contribution in [-0.2, 0) is 5.75 Å². The topological polar surface area (TPSA) is 51.8 Å². The molecule has 0 aliphatic carbocycles. The summed E-state index contributed by atoms with van der Waals surface area (Å²) in [5, 5.41) is 5.93. The monoisotopic (exact) mass is 223 g/mol. The molecule has 0 radical (unpaired) electrons. The van der Waals surface area contributed by atoms with Crippen LogP contribution in [-0.4, -0.2) is 9.59 Å².